The van der Waals surface area contributed by atoms with Crippen LogP contribution in [-0.2, 0) is 11.3 Å². The van der Waals surface area contributed by atoms with E-state index in [9.17, 15) is 4.79 Å². The molecule has 1 aliphatic rings. The molecule has 1 aromatic carbocycles. The van der Waals surface area contributed by atoms with E-state index in [1.54, 1.807) is 6.92 Å². The molecule has 1 aliphatic heterocycles. The Kier molecular flexibility index (Phi) is 4.80. The van der Waals surface area contributed by atoms with Crippen molar-refractivity contribution < 1.29 is 14.3 Å². The van der Waals surface area contributed by atoms with E-state index in [1.807, 2.05) is 19.2 Å². The third-order valence-corrected chi connectivity index (χ3v) is 3.11. The monoisotopic (exact) mass is 263 g/mol. The van der Waals surface area contributed by atoms with Crippen LogP contribution in [0.25, 0.3) is 0 Å². The van der Waals surface area contributed by atoms with Crippen LogP contribution in [0.15, 0.2) is 18.2 Å². The minimum Gasteiger partial charge on any atom is -0.490 e. The van der Waals surface area contributed by atoms with Gasteiger partial charge in [-0.15, -0.1) is 0 Å². The minimum atomic E-state index is 0.227. The zero-order chi connectivity index (χ0) is 13.7. The Labute approximate surface area is 114 Å². The standard InChI is InChI=1S/C15H21NO3/c1-12(17)6-7-16(2)11-13-4-5-14-15(10-13)19-9-3-8-18-14/h4-5,10H,3,6-9,11H2,1-2H3. The highest BCUT2D eigenvalue weighted by Gasteiger charge is 2.11. The summed E-state index contributed by atoms with van der Waals surface area (Å²) in [7, 11) is 2.02. The molecule has 4 heteroatoms. The molecule has 0 atom stereocenters. The van der Waals surface area contributed by atoms with E-state index < -0.39 is 0 Å². The van der Waals surface area contributed by atoms with Crippen LogP contribution in [0.1, 0.15) is 25.3 Å². The van der Waals surface area contributed by atoms with Crippen LogP contribution in [-0.4, -0.2) is 37.5 Å². The van der Waals surface area contributed by atoms with Crippen molar-refractivity contribution in [3.63, 3.8) is 0 Å². The average molecular weight is 263 g/mol. The summed E-state index contributed by atoms with van der Waals surface area (Å²) in [5.74, 6) is 1.88. The van der Waals surface area contributed by atoms with E-state index in [1.165, 1.54) is 5.56 Å². The zero-order valence-corrected chi connectivity index (χ0v) is 11.6. The maximum atomic E-state index is 11.0. The van der Waals surface area contributed by atoms with Crippen LogP contribution in [0, 0.1) is 0 Å². The highest BCUT2D eigenvalue weighted by atomic mass is 16.5. The molecule has 0 N–H and O–H groups in total. The Bertz CT molecular complexity index is 445. The summed E-state index contributed by atoms with van der Waals surface area (Å²) in [6, 6.07) is 6.05. The quantitative estimate of drug-likeness (QED) is 0.817. The van der Waals surface area contributed by atoms with Crippen LogP contribution in [0.2, 0.25) is 0 Å². The molecule has 0 radical (unpaired) electrons. The first-order valence-electron chi connectivity index (χ1n) is 6.71. The molecule has 0 bridgehead atoms. The predicted octanol–water partition coefficient (Wildman–Crippen LogP) is 2.26. The summed E-state index contributed by atoms with van der Waals surface area (Å²) in [6.45, 7) is 4.64. The van der Waals surface area contributed by atoms with Gasteiger partial charge in [0, 0.05) is 25.9 Å². The van der Waals surface area contributed by atoms with E-state index >= 15 is 0 Å². The molecule has 1 heterocycles. The normalized spacial score (nSPS) is 14.3. The van der Waals surface area contributed by atoms with Gasteiger partial charge in [0.25, 0.3) is 0 Å². The van der Waals surface area contributed by atoms with Gasteiger partial charge in [-0.3, -0.25) is 4.79 Å². The van der Waals surface area contributed by atoms with Gasteiger partial charge in [-0.25, -0.2) is 0 Å². The van der Waals surface area contributed by atoms with Crippen molar-refractivity contribution in [1.29, 1.82) is 0 Å². The van der Waals surface area contributed by atoms with E-state index in [0.717, 1.165) is 31.0 Å². The molecule has 0 spiro atoms. The Hall–Kier alpha value is -1.55. The lowest BCUT2D eigenvalue weighted by molar-refractivity contribution is -0.117. The number of fused-ring (bicyclic) bond motifs is 1. The van der Waals surface area contributed by atoms with E-state index in [4.69, 9.17) is 9.47 Å². The molecule has 0 amide bonds. The largest absolute Gasteiger partial charge is 0.490 e. The average Bonchev–Trinajstić information content (AvgIpc) is 2.61. The van der Waals surface area contributed by atoms with Crippen molar-refractivity contribution in [3.05, 3.63) is 23.8 Å². The number of ketones is 1. The van der Waals surface area contributed by atoms with Gasteiger partial charge in [0.2, 0.25) is 0 Å². The fraction of sp³-hybridized carbons (Fsp3) is 0.533. The first-order chi connectivity index (χ1) is 9.15. The predicted molar refractivity (Wildman–Crippen MR) is 73.7 cm³/mol. The van der Waals surface area contributed by atoms with Crippen molar-refractivity contribution in [1.82, 2.24) is 4.90 Å². The molecule has 104 valence electrons. The molecule has 0 aromatic heterocycles. The molecule has 0 saturated carbocycles. The second kappa shape index (κ2) is 6.57. The third kappa shape index (κ3) is 4.24. The highest BCUT2D eigenvalue weighted by molar-refractivity contribution is 5.75. The Morgan fingerprint density at radius 2 is 2.00 bits per heavy atom. The van der Waals surface area contributed by atoms with Crippen LogP contribution < -0.4 is 9.47 Å². The van der Waals surface area contributed by atoms with Crippen molar-refractivity contribution in [2.24, 2.45) is 0 Å². The second-order valence-electron chi connectivity index (χ2n) is 5.02. The van der Waals surface area contributed by atoms with Gasteiger partial charge in [0.1, 0.15) is 5.78 Å². The van der Waals surface area contributed by atoms with Gasteiger partial charge in [0.05, 0.1) is 13.2 Å². The Morgan fingerprint density at radius 1 is 1.26 bits per heavy atom. The van der Waals surface area contributed by atoms with Crippen LogP contribution in [0.3, 0.4) is 0 Å². The third-order valence-electron chi connectivity index (χ3n) is 3.11. The first-order valence-corrected chi connectivity index (χ1v) is 6.71. The second-order valence-corrected chi connectivity index (χ2v) is 5.02. The van der Waals surface area contributed by atoms with E-state index in [2.05, 4.69) is 11.0 Å². The first kappa shape index (κ1) is 13.9. The number of benzene rings is 1. The summed E-state index contributed by atoms with van der Waals surface area (Å²) in [6.07, 6.45) is 1.52. The molecule has 2 rings (SSSR count). The number of nitrogens with zero attached hydrogens (tertiary/aromatic N) is 1. The molecule has 19 heavy (non-hydrogen) atoms. The van der Waals surface area contributed by atoms with E-state index in [-0.39, 0.29) is 5.78 Å². The molecule has 0 aliphatic carbocycles. The molecular weight excluding hydrogens is 242 g/mol. The number of carbonyl (C=O) groups is 1. The molecule has 4 nitrogen and oxygen atoms in total. The zero-order valence-electron chi connectivity index (χ0n) is 11.6. The smallest absolute Gasteiger partial charge is 0.161 e. The highest BCUT2D eigenvalue weighted by Crippen LogP contribution is 2.30. The maximum Gasteiger partial charge on any atom is 0.161 e. The summed E-state index contributed by atoms with van der Waals surface area (Å²) >= 11 is 0. The Balaban J connectivity index is 1.97. The maximum absolute atomic E-state index is 11.0. The minimum absolute atomic E-state index is 0.227. The van der Waals surface area contributed by atoms with Crippen molar-refractivity contribution in [2.45, 2.75) is 26.3 Å². The van der Waals surface area contributed by atoms with Gasteiger partial charge in [-0.1, -0.05) is 6.07 Å². The van der Waals surface area contributed by atoms with Crippen LogP contribution in [0.5, 0.6) is 11.5 Å². The Morgan fingerprint density at radius 3 is 2.74 bits per heavy atom. The lowest BCUT2D eigenvalue weighted by Gasteiger charge is -2.17. The van der Waals surface area contributed by atoms with Gasteiger partial charge < -0.3 is 14.4 Å². The molecule has 0 saturated heterocycles. The van der Waals surface area contributed by atoms with Gasteiger partial charge in [0.15, 0.2) is 11.5 Å². The molecular formula is C15H21NO3. The van der Waals surface area contributed by atoms with Crippen molar-refractivity contribution in [2.75, 3.05) is 26.8 Å². The van der Waals surface area contributed by atoms with Crippen molar-refractivity contribution >= 4 is 5.78 Å². The topological polar surface area (TPSA) is 38.8 Å². The van der Waals surface area contributed by atoms with Crippen LogP contribution >= 0.6 is 0 Å². The lowest BCUT2D eigenvalue weighted by Crippen LogP contribution is -2.20. The van der Waals surface area contributed by atoms with E-state index in [0.29, 0.717) is 19.6 Å². The summed E-state index contributed by atoms with van der Waals surface area (Å²) in [5, 5.41) is 0. The summed E-state index contributed by atoms with van der Waals surface area (Å²) in [5.41, 5.74) is 1.18. The number of carbonyl (C=O) groups excluding carboxylic acids is 1. The fourth-order valence-corrected chi connectivity index (χ4v) is 2.05. The molecule has 1 aromatic rings. The van der Waals surface area contributed by atoms with Gasteiger partial charge >= 0.3 is 0 Å². The molecule has 0 fully saturated rings. The lowest BCUT2D eigenvalue weighted by atomic mass is 10.2. The summed E-state index contributed by atoms with van der Waals surface area (Å²) in [4.78, 5) is 13.1. The number of ether oxygens (including phenoxy) is 2. The van der Waals surface area contributed by atoms with Crippen molar-refractivity contribution in [3.8, 4) is 11.5 Å². The number of hydrogen-bond donors (Lipinski definition) is 0. The number of hydrogen-bond acceptors (Lipinski definition) is 4. The number of Topliss-reactive ketones (excluding diaryl/α,β-unsaturated/α-hetero) is 1. The van der Waals surface area contributed by atoms with Gasteiger partial charge in [-0.2, -0.15) is 0 Å². The van der Waals surface area contributed by atoms with Gasteiger partial charge in [-0.05, 0) is 31.7 Å². The SMILES string of the molecule is CC(=O)CCN(C)Cc1ccc2c(c1)OCCCO2. The summed E-state index contributed by atoms with van der Waals surface area (Å²) < 4.78 is 11.3. The fourth-order valence-electron chi connectivity index (χ4n) is 2.05. The number of rotatable bonds is 5. The molecule has 0 unspecified atom stereocenters. The van der Waals surface area contributed by atoms with Crippen LogP contribution in [0.4, 0.5) is 0 Å².